The van der Waals surface area contributed by atoms with Crippen LogP contribution in [-0.4, -0.2) is 43.4 Å². The van der Waals surface area contributed by atoms with E-state index >= 15 is 0 Å². The third kappa shape index (κ3) is 4.74. The molecule has 0 aliphatic carbocycles. The topological polar surface area (TPSA) is 86.8 Å². The minimum Gasteiger partial charge on any atom is -0.463 e. The Bertz CT molecular complexity index is 740. The molecule has 1 aromatic rings. The first-order chi connectivity index (χ1) is 13.0. The van der Waals surface area contributed by atoms with E-state index in [-0.39, 0.29) is 19.8 Å². The van der Waals surface area contributed by atoms with Gasteiger partial charge in [-0.3, -0.25) is 4.98 Å². The molecule has 1 aromatic heterocycles. The molecule has 2 rings (SSSR count). The second-order valence-corrected chi connectivity index (χ2v) is 5.82. The van der Waals surface area contributed by atoms with E-state index in [4.69, 9.17) is 14.2 Å². The Labute approximate surface area is 159 Å². The molecule has 1 N–H and O–H groups in total. The number of rotatable bonds is 8. The van der Waals surface area contributed by atoms with Gasteiger partial charge < -0.3 is 19.5 Å². The minimum atomic E-state index is -0.694. The zero-order chi connectivity index (χ0) is 19.8. The maximum absolute atomic E-state index is 12.8. The van der Waals surface area contributed by atoms with E-state index < -0.39 is 17.9 Å². The first kappa shape index (κ1) is 20.6. The van der Waals surface area contributed by atoms with Crippen LogP contribution in [0.15, 0.2) is 46.9 Å². The van der Waals surface area contributed by atoms with E-state index in [2.05, 4.69) is 10.3 Å². The molecule has 0 aromatic carbocycles. The number of esters is 2. The van der Waals surface area contributed by atoms with Gasteiger partial charge in [-0.15, -0.1) is 0 Å². The van der Waals surface area contributed by atoms with Crippen LogP contribution in [0.3, 0.4) is 0 Å². The number of hydrogen-bond acceptors (Lipinski definition) is 7. The highest BCUT2D eigenvalue weighted by Crippen LogP contribution is 2.38. The van der Waals surface area contributed by atoms with Crippen LogP contribution in [0.25, 0.3) is 0 Å². The normalized spacial score (nSPS) is 16.8. The number of allylic oxidation sites excluding steroid dienone is 1. The number of nitrogens with one attached hydrogen (secondary N) is 1. The SMILES string of the molecule is CCOCC1=C(C(=O)OCC)C(c2ccccn2)C(C(=O)OCC)=C(C)N1. The van der Waals surface area contributed by atoms with Gasteiger partial charge in [0, 0.05) is 18.5 Å². The summed E-state index contributed by atoms with van der Waals surface area (Å²) < 4.78 is 16.0. The predicted molar refractivity (Wildman–Crippen MR) is 99.6 cm³/mol. The number of carbonyl (C=O) groups excluding carboxylic acids is 2. The monoisotopic (exact) mass is 374 g/mol. The Balaban J connectivity index is 2.63. The van der Waals surface area contributed by atoms with Gasteiger partial charge in [0.1, 0.15) is 0 Å². The number of ether oxygens (including phenoxy) is 3. The summed E-state index contributed by atoms with van der Waals surface area (Å²) in [5.41, 5.74) is 2.40. The van der Waals surface area contributed by atoms with E-state index in [0.29, 0.717) is 34.8 Å². The molecule has 0 saturated heterocycles. The summed E-state index contributed by atoms with van der Waals surface area (Å²) in [5.74, 6) is -1.69. The minimum absolute atomic E-state index is 0.196. The summed E-state index contributed by atoms with van der Waals surface area (Å²) >= 11 is 0. The summed E-state index contributed by atoms with van der Waals surface area (Å²) in [7, 11) is 0. The van der Waals surface area contributed by atoms with Crippen LogP contribution in [-0.2, 0) is 23.8 Å². The van der Waals surface area contributed by atoms with E-state index in [0.717, 1.165) is 0 Å². The Morgan fingerprint density at radius 3 is 2.26 bits per heavy atom. The van der Waals surface area contributed by atoms with Crippen LogP contribution >= 0.6 is 0 Å². The van der Waals surface area contributed by atoms with Crippen LogP contribution in [0.4, 0.5) is 0 Å². The number of hydrogen-bond donors (Lipinski definition) is 1. The second kappa shape index (κ2) is 9.87. The van der Waals surface area contributed by atoms with Gasteiger partial charge in [-0.25, -0.2) is 9.59 Å². The van der Waals surface area contributed by atoms with Crippen molar-refractivity contribution in [1.29, 1.82) is 0 Å². The summed E-state index contributed by atoms with van der Waals surface area (Å²) in [6, 6.07) is 5.37. The summed E-state index contributed by atoms with van der Waals surface area (Å²) in [6.45, 7) is 8.25. The smallest absolute Gasteiger partial charge is 0.336 e. The van der Waals surface area contributed by atoms with Crippen LogP contribution in [0.5, 0.6) is 0 Å². The molecular formula is C20H26N2O5. The number of nitrogens with zero attached hydrogens (tertiary/aromatic N) is 1. The molecule has 0 spiro atoms. The third-order valence-electron chi connectivity index (χ3n) is 4.07. The lowest BCUT2D eigenvalue weighted by molar-refractivity contribution is -0.139. The number of carbonyl (C=O) groups is 2. The van der Waals surface area contributed by atoms with E-state index in [1.807, 2.05) is 13.0 Å². The van der Waals surface area contributed by atoms with Gasteiger partial charge in [0.2, 0.25) is 0 Å². The summed E-state index contributed by atoms with van der Waals surface area (Å²) in [5, 5.41) is 3.13. The average Bonchev–Trinajstić information content (AvgIpc) is 2.66. The van der Waals surface area contributed by atoms with Crippen molar-refractivity contribution in [3.8, 4) is 0 Å². The molecule has 2 heterocycles. The Hall–Kier alpha value is -2.67. The molecule has 0 radical (unpaired) electrons. The van der Waals surface area contributed by atoms with Crippen molar-refractivity contribution in [2.45, 2.75) is 33.6 Å². The lowest BCUT2D eigenvalue weighted by atomic mass is 9.82. The lowest BCUT2D eigenvalue weighted by Gasteiger charge is -2.30. The number of aromatic nitrogens is 1. The van der Waals surface area contributed by atoms with Crippen molar-refractivity contribution in [3.63, 3.8) is 0 Å². The van der Waals surface area contributed by atoms with Gasteiger partial charge in [-0.1, -0.05) is 6.07 Å². The second-order valence-electron chi connectivity index (χ2n) is 5.82. The molecular weight excluding hydrogens is 348 g/mol. The van der Waals surface area contributed by atoms with Gasteiger partial charge in [0.05, 0.1) is 48.3 Å². The zero-order valence-corrected chi connectivity index (χ0v) is 16.2. The lowest BCUT2D eigenvalue weighted by Crippen LogP contribution is -2.35. The first-order valence-electron chi connectivity index (χ1n) is 9.08. The van der Waals surface area contributed by atoms with Crippen LogP contribution in [0.2, 0.25) is 0 Å². The van der Waals surface area contributed by atoms with Crippen molar-refractivity contribution in [1.82, 2.24) is 10.3 Å². The van der Waals surface area contributed by atoms with E-state index in [1.54, 1.807) is 39.1 Å². The first-order valence-corrected chi connectivity index (χ1v) is 9.08. The summed E-state index contributed by atoms with van der Waals surface area (Å²) in [4.78, 5) is 29.9. The third-order valence-corrected chi connectivity index (χ3v) is 4.07. The van der Waals surface area contributed by atoms with E-state index in [9.17, 15) is 9.59 Å². The fourth-order valence-corrected chi connectivity index (χ4v) is 2.99. The van der Waals surface area contributed by atoms with Gasteiger partial charge in [-0.2, -0.15) is 0 Å². The largest absolute Gasteiger partial charge is 0.463 e. The molecule has 27 heavy (non-hydrogen) atoms. The Morgan fingerprint density at radius 2 is 1.70 bits per heavy atom. The predicted octanol–water partition coefficient (Wildman–Crippen LogP) is 2.46. The van der Waals surface area contributed by atoms with Crippen molar-refractivity contribution in [2.75, 3.05) is 26.4 Å². The molecule has 0 bridgehead atoms. The molecule has 0 amide bonds. The standard InChI is InChI=1S/C20H26N2O5/c1-5-25-12-15-18(20(24)27-7-3)17(14-10-8-9-11-21-14)16(13(4)22-15)19(23)26-6-2/h8-11,17,22H,5-7,12H2,1-4H3. The zero-order valence-electron chi connectivity index (χ0n) is 16.2. The molecule has 1 atom stereocenters. The fraction of sp³-hybridized carbons (Fsp3) is 0.450. The van der Waals surface area contributed by atoms with Crippen molar-refractivity contribution in [2.24, 2.45) is 0 Å². The van der Waals surface area contributed by atoms with Crippen LogP contribution < -0.4 is 5.32 Å². The molecule has 1 aliphatic rings. The van der Waals surface area contributed by atoms with Gasteiger partial charge in [-0.05, 0) is 39.8 Å². The van der Waals surface area contributed by atoms with Crippen LogP contribution in [0, 0.1) is 0 Å². The maximum atomic E-state index is 12.8. The molecule has 0 fully saturated rings. The maximum Gasteiger partial charge on any atom is 0.336 e. The van der Waals surface area contributed by atoms with Gasteiger partial charge in [0.15, 0.2) is 0 Å². The number of dihydropyridines is 1. The Kier molecular flexibility index (Phi) is 7.55. The Morgan fingerprint density at radius 1 is 1.04 bits per heavy atom. The highest BCUT2D eigenvalue weighted by atomic mass is 16.5. The van der Waals surface area contributed by atoms with Gasteiger partial charge >= 0.3 is 11.9 Å². The molecule has 7 nitrogen and oxygen atoms in total. The van der Waals surface area contributed by atoms with Crippen molar-refractivity contribution >= 4 is 11.9 Å². The number of pyridine rings is 1. The molecule has 7 heteroatoms. The molecule has 1 aliphatic heterocycles. The van der Waals surface area contributed by atoms with Crippen molar-refractivity contribution < 1.29 is 23.8 Å². The highest BCUT2D eigenvalue weighted by molar-refractivity contribution is 5.99. The molecule has 0 saturated carbocycles. The molecule has 1 unspecified atom stereocenters. The van der Waals surface area contributed by atoms with Gasteiger partial charge in [0.25, 0.3) is 0 Å². The van der Waals surface area contributed by atoms with Crippen LogP contribution in [0.1, 0.15) is 39.3 Å². The summed E-state index contributed by atoms with van der Waals surface area (Å²) in [6.07, 6.45) is 1.63. The fourth-order valence-electron chi connectivity index (χ4n) is 2.99. The quantitative estimate of drug-likeness (QED) is 0.700. The average molecular weight is 374 g/mol. The highest BCUT2D eigenvalue weighted by Gasteiger charge is 2.39. The van der Waals surface area contributed by atoms with E-state index in [1.165, 1.54) is 0 Å². The van der Waals surface area contributed by atoms with Crippen molar-refractivity contribution in [3.05, 3.63) is 52.6 Å². The molecule has 146 valence electrons.